The number of methoxy groups -OCH3 is 2. The van der Waals surface area contributed by atoms with E-state index in [2.05, 4.69) is 4.18 Å². The Hall–Kier alpha value is -4.91. The molecule has 0 unspecified atom stereocenters. The van der Waals surface area contributed by atoms with Gasteiger partial charge in [0.2, 0.25) is 0 Å². The number of alkyl halides is 3. The Labute approximate surface area is 349 Å². The van der Waals surface area contributed by atoms with E-state index >= 15 is 0 Å². The predicted octanol–water partition coefficient (Wildman–Crippen LogP) is 6.56. The summed E-state index contributed by atoms with van der Waals surface area (Å²) in [6, 6.07) is 17.3. The van der Waals surface area contributed by atoms with Gasteiger partial charge in [0.15, 0.2) is 11.5 Å². The first-order valence-electron chi connectivity index (χ1n) is 19.5. The van der Waals surface area contributed by atoms with Crippen molar-refractivity contribution in [3.05, 3.63) is 77.4 Å². The van der Waals surface area contributed by atoms with Gasteiger partial charge in [-0.3, -0.25) is 14.4 Å². The molecule has 1 aliphatic rings. The minimum atomic E-state index is -5.83. The number of hydrogen-bond donors (Lipinski definition) is 0. The number of nitrogens with zero attached hydrogens (tertiary/aromatic N) is 1. The number of carbonyl (C=O) groups is 3. The van der Waals surface area contributed by atoms with E-state index in [0.29, 0.717) is 83.1 Å². The van der Waals surface area contributed by atoms with Crippen molar-refractivity contribution in [2.75, 3.05) is 80.2 Å². The number of ether oxygens (including phenoxy) is 7. The Balaban J connectivity index is 0.000000328. The highest BCUT2D eigenvalue weighted by Gasteiger charge is 2.49. The molecular weight excluding hydrogens is 816 g/mol. The van der Waals surface area contributed by atoms with Crippen LogP contribution in [0.25, 0.3) is 11.1 Å². The third kappa shape index (κ3) is 16.6. The molecule has 1 heterocycles. The number of benzene rings is 3. The molecule has 1 saturated heterocycles. The van der Waals surface area contributed by atoms with Crippen LogP contribution in [0.1, 0.15) is 61.0 Å². The second-order valence-corrected chi connectivity index (χ2v) is 14.6. The fourth-order valence-electron chi connectivity index (χ4n) is 5.61. The first-order valence-corrected chi connectivity index (χ1v) is 20.9. The highest BCUT2D eigenvalue weighted by atomic mass is 32.2. The summed E-state index contributed by atoms with van der Waals surface area (Å²) in [6.07, 6.45) is 2.40. The topological polar surface area (TPSA) is 162 Å². The molecule has 0 spiro atoms. The summed E-state index contributed by atoms with van der Waals surface area (Å²) in [5.41, 5.74) is -1.45. The monoisotopic (exact) mass is 869 g/mol. The summed E-state index contributed by atoms with van der Waals surface area (Å²) >= 11 is 0. The summed E-state index contributed by atoms with van der Waals surface area (Å²) in [5, 5.41) is 0. The normalized spacial score (nSPS) is 12.8. The van der Waals surface area contributed by atoms with E-state index in [9.17, 15) is 36.0 Å². The number of aryl methyl sites for hydroxylation is 2. The van der Waals surface area contributed by atoms with Gasteiger partial charge in [-0.25, -0.2) is 0 Å². The van der Waals surface area contributed by atoms with Crippen LogP contribution in [0.3, 0.4) is 0 Å². The summed E-state index contributed by atoms with van der Waals surface area (Å²) in [5.74, 6) is -0.635. The molecule has 18 heteroatoms. The second kappa shape index (κ2) is 25.7. The van der Waals surface area contributed by atoms with Gasteiger partial charge in [0.1, 0.15) is 5.75 Å². The molecule has 0 bridgehead atoms. The third-order valence-electron chi connectivity index (χ3n) is 8.63. The first kappa shape index (κ1) is 49.5. The summed E-state index contributed by atoms with van der Waals surface area (Å²) in [7, 11) is -2.69. The molecule has 60 heavy (non-hydrogen) atoms. The smallest absolute Gasteiger partial charge is 0.493 e. The standard InChI is InChI=1S/C26H33NO6.C16H21F3O7S/c1-3-32-25(28)12-6-20-5-11-23(24(19-20)33-16-4-15-30-2)21-7-9-22(10-8-21)26(29)27-13-17-31-18-14-27;1-3-24-15(20)8-6-12-5-7-13(26-27(21,22)16(17,18)19)14(11-12)25-10-4-9-23-2/h5,7-11,19H,3-4,6,12-18H2,1-2H3;5,7,11H,3-4,6,8-10H2,1-2H3. The maximum Gasteiger partial charge on any atom is 0.534 e. The van der Waals surface area contributed by atoms with Crippen molar-refractivity contribution >= 4 is 28.0 Å². The summed E-state index contributed by atoms with van der Waals surface area (Å²) in [4.78, 5) is 37.7. The van der Waals surface area contributed by atoms with Gasteiger partial charge >= 0.3 is 27.6 Å². The maximum absolute atomic E-state index is 12.7. The molecule has 1 fully saturated rings. The lowest BCUT2D eigenvalue weighted by Gasteiger charge is -2.26. The van der Waals surface area contributed by atoms with Crippen molar-refractivity contribution < 1.29 is 73.3 Å². The molecule has 332 valence electrons. The maximum atomic E-state index is 12.7. The Morgan fingerprint density at radius 2 is 1.22 bits per heavy atom. The van der Waals surface area contributed by atoms with E-state index in [-0.39, 0.29) is 43.7 Å². The largest absolute Gasteiger partial charge is 0.534 e. The molecule has 0 saturated carbocycles. The molecule has 0 N–H and O–H groups in total. The fraction of sp³-hybridized carbons (Fsp3) is 0.500. The quantitative estimate of drug-likeness (QED) is 0.0462. The minimum Gasteiger partial charge on any atom is -0.493 e. The van der Waals surface area contributed by atoms with Crippen LogP contribution < -0.4 is 13.7 Å². The number of rotatable bonds is 22. The summed E-state index contributed by atoms with van der Waals surface area (Å²) < 4.78 is 101. The van der Waals surface area contributed by atoms with Crippen molar-refractivity contribution in [1.29, 1.82) is 0 Å². The van der Waals surface area contributed by atoms with E-state index in [0.717, 1.165) is 34.9 Å². The number of esters is 2. The van der Waals surface area contributed by atoms with Crippen LogP contribution in [0.4, 0.5) is 13.2 Å². The van der Waals surface area contributed by atoms with Crippen LogP contribution in [-0.2, 0) is 56.2 Å². The van der Waals surface area contributed by atoms with Gasteiger partial charge in [-0.1, -0.05) is 30.3 Å². The van der Waals surface area contributed by atoms with Crippen LogP contribution in [0.15, 0.2) is 60.7 Å². The summed E-state index contributed by atoms with van der Waals surface area (Å²) in [6.45, 7) is 8.04. The van der Waals surface area contributed by atoms with Gasteiger partial charge in [-0.05, 0) is 73.7 Å². The van der Waals surface area contributed by atoms with E-state index in [1.165, 1.54) is 19.2 Å². The van der Waals surface area contributed by atoms with E-state index in [1.54, 1.807) is 21.0 Å². The molecule has 3 aromatic carbocycles. The van der Waals surface area contributed by atoms with Gasteiger partial charge in [-0.2, -0.15) is 21.6 Å². The highest BCUT2D eigenvalue weighted by Crippen LogP contribution is 2.35. The Kier molecular flexibility index (Phi) is 21.1. The molecule has 14 nitrogen and oxygen atoms in total. The fourth-order valence-corrected chi connectivity index (χ4v) is 6.08. The lowest BCUT2D eigenvalue weighted by atomic mass is 9.99. The SMILES string of the molecule is CCOC(=O)CCc1ccc(-c2ccc(C(=O)N3CCOCC3)cc2)c(OCCCOC)c1.CCOC(=O)CCc1ccc(OS(=O)(=O)C(F)(F)F)c(OCCCOC)c1. The van der Waals surface area contributed by atoms with Crippen LogP contribution in [-0.4, -0.2) is 117 Å². The van der Waals surface area contributed by atoms with Crippen molar-refractivity contribution in [3.63, 3.8) is 0 Å². The first-order chi connectivity index (χ1) is 28.7. The van der Waals surface area contributed by atoms with Crippen LogP contribution in [0, 0.1) is 0 Å². The molecule has 0 atom stereocenters. The van der Waals surface area contributed by atoms with Crippen LogP contribution >= 0.6 is 0 Å². The molecule has 0 aliphatic carbocycles. The van der Waals surface area contributed by atoms with Crippen molar-refractivity contribution in [2.24, 2.45) is 0 Å². The number of hydrogen-bond acceptors (Lipinski definition) is 13. The molecule has 0 aromatic heterocycles. The predicted molar refractivity (Wildman–Crippen MR) is 215 cm³/mol. The van der Waals surface area contributed by atoms with Gasteiger partial charge in [0.05, 0.1) is 39.6 Å². The molecule has 1 amide bonds. The van der Waals surface area contributed by atoms with E-state index in [1.807, 2.05) is 47.4 Å². The third-order valence-corrected chi connectivity index (χ3v) is 9.59. The number of halogens is 3. The Bertz CT molecular complexity index is 1900. The second-order valence-electron chi connectivity index (χ2n) is 13.1. The minimum absolute atomic E-state index is 0.0233. The van der Waals surface area contributed by atoms with Crippen molar-refractivity contribution in [2.45, 2.75) is 57.9 Å². The molecule has 1 aliphatic heterocycles. The average molecular weight is 870 g/mol. The van der Waals surface area contributed by atoms with Gasteiger partial charge in [0.25, 0.3) is 5.91 Å². The zero-order chi connectivity index (χ0) is 44.0. The number of carbonyl (C=O) groups excluding carboxylic acids is 3. The lowest BCUT2D eigenvalue weighted by molar-refractivity contribution is -0.144. The average Bonchev–Trinajstić information content (AvgIpc) is 3.23. The molecule has 0 radical (unpaired) electrons. The molecular formula is C42H54F3NO13S. The van der Waals surface area contributed by atoms with Gasteiger partial charge in [0, 0.05) is 77.3 Å². The molecule has 4 rings (SSSR count). The van der Waals surface area contributed by atoms with Crippen molar-refractivity contribution in [3.8, 4) is 28.4 Å². The highest BCUT2D eigenvalue weighted by molar-refractivity contribution is 7.88. The number of morpholine rings is 1. The van der Waals surface area contributed by atoms with Gasteiger partial charge in [-0.15, -0.1) is 0 Å². The van der Waals surface area contributed by atoms with Crippen LogP contribution in [0.2, 0.25) is 0 Å². The molecule has 3 aromatic rings. The van der Waals surface area contributed by atoms with Crippen LogP contribution in [0.5, 0.6) is 17.2 Å². The lowest BCUT2D eigenvalue weighted by Crippen LogP contribution is -2.40. The zero-order valence-electron chi connectivity index (χ0n) is 34.4. The zero-order valence-corrected chi connectivity index (χ0v) is 35.2. The number of amides is 1. The van der Waals surface area contributed by atoms with Crippen molar-refractivity contribution in [1.82, 2.24) is 4.90 Å². The van der Waals surface area contributed by atoms with E-state index in [4.69, 9.17) is 33.2 Å². The van der Waals surface area contributed by atoms with Gasteiger partial charge < -0.3 is 42.2 Å². The Morgan fingerprint density at radius 3 is 1.73 bits per heavy atom. The van der Waals surface area contributed by atoms with E-state index < -0.39 is 27.3 Å². The Morgan fingerprint density at radius 1 is 0.700 bits per heavy atom.